The number of halogens is 3. The molecule has 0 fully saturated rings. The molecule has 5 rings (SSSR count). The van der Waals surface area contributed by atoms with Crippen molar-refractivity contribution in [3.63, 3.8) is 0 Å². The second-order valence-electron chi connectivity index (χ2n) is 9.17. The van der Waals surface area contributed by atoms with Gasteiger partial charge < -0.3 is 5.32 Å². The molecule has 0 radical (unpaired) electrons. The average Bonchev–Trinajstić information content (AvgIpc) is 3.37. The average molecular weight is 524 g/mol. The number of imidazole rings is 1. The van der Waals surface area contributed by atoms with Crippen LogP contribution in [0.3, 0.4) is 0 Å². The van der Waals surface area contributed by atoms with Gasteiger partial charge in [-0.15, -0.1) is 0 Å². The topological polar surface area (TPSA) is 99.6 Å². The predicted octanol–water partition coefficient (Wildman–Crippen LogP) is 3.82. The van der Waals surface area contributed by atoms with E-state index in [9.17, 15) is 22.8 Å². The van der Waals surface area contributed by atoms with Gasteiger partial charge in [0.15, 0.2) is 0 Å². The highest BCUT2D eigenvalue weighted by Crippen LogP contribution is 2.29. The number of fused-ring (bicyclic) bond motifs is 2. The van der Waals surface area contributed by atoms with Crippen molar-refractivity contribution < 1.29 is 18.0 Å². The van der Waals surface area contributed by atoms with Gasteiger partial charge in [0.05, 0.1) is 46.0 Å². The number of rotatable bonds is 5. The minimum atomic E-state index is -4.59. The highest BCUT2D eigenvalue weighted by molar-refractivity contribution is 5.93. The first-order chi connectivity index (χ1) is 18.0. The first kappa shape index (κ1) is 25.2. The number of hydrogen-bond acceptors (Lipinski definition) is 5. The molecule has 0 saturated heterocycles. The molecule has 1 amide bonds. The van der Waals surface area contributed by atoms with E-state index < -0.39 is 30.4 Å². The monoisotopic (exact) mass is 523 g/mol. The molecule has 9 nitrogen and oxygen atoms in total. The molecule has 1 aromatic carbocycles. The molecule has 4 heterocycles. The van der Waals surface area contributed by atoms with E-state index >= 15 is 0 Å². The number of amides is 1. The normalized spacial score (nSPS) is 12.8. The Morgan fingerprint density at radius 2 is 1.84 bits per heavy atom. The number of alkyl halides is 3. The summed E-state index contributed by atoms with van der Waals surface area (Å²) in [5, 5.41) is 7.09. The van der Waals surface area contributed by atoms with Crippen LogP contribution in [0.5, 0.6) is 0 Å². The van der Waals surface area contributed by atoms with Gasteiger partial charge in [-0.05, 0) is 44.5 Å². The molecule has 0 bridgehead atoms. The number of aryl methyl sites for hydroxylation is 3. The molecule has 5 aromatic rings. The summed E-state index contributed by atoms with van der Waals surface area (Å²) < 4.78 is 43.2. The van der Waals surface area contributed by atoms with Gasteiger partial charge in [-0.2, -0.15) is 18.3 Å². The molecule has 1 atom stereocenters. The van der Waals surface area contributed by atoms with E-state index in [1.165, 1.54) is 9.13 Å². The molecule has 1 unspecified atom stereocenters. The molecule has 38 heavy (non-hydrogen) atoms. The Balaban J connectivity index is 1.60. The first-order valence-corrected chi connectivity index (χ1v) is 11.8. The summed E-state index contributed by atoms with van der Waals surface area (Å²) in [6.45, 7) is 3.87. The van der Waals surface area contributed by atoms with Gasteiger partial charge >= 0.3 is 11.9 Å². The molecular formula is C26H24F3N7O2. The summed E-state index contributed by atoms with van der Waals surface area (Å²) in [5.74, 6) is -0.917. The second-order valence-corrected chi connectivity index (χ2v) is 9.17. The van der Waals surface area contributed by atoms with Gasteiger partial charge in [-0.25, -0.2) is 4.79 Å². The Bertz CT molecular complexity index is 1760. The van der Waals surface area contributed by atoms with Gasteiger partial charge in [-0.3, -0.25) is 28.6 Å². The predicted molar refractivity (Wildman–Crippen MR) is 136 cm³/mol. The Kier molecular flexibility index (Phi) is 6.04. The van der Waals surface area contributed by atoms with Crippen LogP contribution in [0.1, 0.15) is 18.2 Å². The molecule has 0 saturated carbocycles. The largest absolute Gasteiger partial charge is 0.408 e. The zero-order valence-electron chi connectivity index (χ0n) is 21.0. The maximum Gasteiger partial charge on any atom is 0.408 e. The van der Waals surface area contributed by atoms with Crippen molar-refractivity contribution in [1.82, 2.24) is 34.2 Å². The zero-order chi connectivity index (χ0) is 27.4. The van der Waals surface area contributed by atoms with Crippen LogP contribution < -0.4 is 11.0 Å². The Morgan fingerprint density at radius 3 is 2.55 bits per heavy atom. The van der Waals surface area contributed by atoms with E-state index in [0.29, 0.717) is 28.1 Å². The van der Waals surface area contributed by atoms with Crippen LogP contribution in [0, 0.1) is 13.8 Å². The van der Waals surface area contributed by atoms with Crippen LogP contribution in [0.4, 0.5) is 13.2 Å². The summed E-state index contributed by atoms with van der Waals surface area (Å²) >= 11 is 0. The van der Waals surface area contributed by atoms with E-state index in [-0.39, 0.29) is 0 Å². The first-order valence-electron chi connectivity index (χ1n) is 11.8. The smallest absolute Gasteiger partial charge is 0.343 e. The Morgan fingerprint density at radius 1 is 1.08 bits per heavy atom. The lowest BCUT2D eigenvalue weighted by Gasteiger charge is -2.17. The number of benzene rings is 1. The van der Waals surface area contributed by atoms with Crippen LogP contribution in [0.25, 0.3) is 38.9 Å². The van der Waals surface area contributed by atoms with Gasteiger partial charge in [0.1, 0.15) is 12.6 Å². The molecule has 0 aliphatic rings. The van der Waals surface area contributed by atoms with Crippen molar-refractivity contribution >= 4 is 27.8 Å². The van der Waals surface area contributed by atoms with Crippen molar-refractivity contribution in [3.8, 4) is 16.9 Å². The fourth-order valence-electron chi connectivity index (χ4n) is 4.56. The van der Waals surface area contributed by atoms with E-state index in [1.807, 2.05) is 25.4 Å². The van der Waals surface area contributed by atoms with Crippen molar-refractivity contribution in [3.05, 3.63) is 70.7 Å². The Labute approximate surface area is 214 Å². The number of aromatic nitrogens is 6. The lowest BCUT2D eigenvalue weighted by molar-refractivity contribution is -0.158. The van der Waals surface area contributed by atoms with Crippen LogP contribution in [-0.4, -0.2) is 47.0 Å². The second kappa shape index (κ2) is 9.12. The van der Waals surface area contributed by atoms with Crippen LogP contribution >= 0.6 is 0 Å². The van der Waals surface area contributed by atoms with Crippen molar-refractivity contribution in [2.75, 3.05) is 0 Å². The van der Waals surface area contributed by atoms with Crippen LogP contribution in [0.15, 0.2) is 53.7 Å². The number of para-hydroxylation sites is 1. The number of hydrogen-bond donors (Lipinski definition) is 1. The van der Waals surface area contributed by atoms with Crippen molar-refractivity contribution in [2.24, 2.45) is 7.05 Å². The summed E-state index contributed by atoms with van der Waals surface area (Å²) in [6, 6.07) is 6.70. The summed E-state index contributed by atoms with van der Waals surface area (Å²) in [5.41, 5.74) is 4.49. The third-order valence-electron chi connectivity index (χ3n) is 6.57. The minimum absolute atomic E-state index is 0.428. The highest BCUT2D eigenvalue weighted by atomic mass is 19.4. The van der Waals surface area contributed by atoms with Crippen LogP contribution in [0.2, 0.25) is 0 Å². The molecule has 12 heteroatoms. The number of nitrogens with zero attached hydrogens (tertiary/aromatic N) is 6. The number of nitrogens with one attached hydrogen (secondary N) is 1. The van der Waals surface area contributed by atoms with Gasteiger partial charge in [0.25, 0.3) is 0 Å². The van der Waals surface area contributed by atoms with E-state index in [0.717, 1.165) is 29.0 Å². The molecule has 0 aliphatic heterocycles. The molecule has 4 aromatic heterocycles. The molecule has 0 spiro atoms. The fraction of sp³-hybridized carbons (Fsp3) is 0.269. The van der Waals surface area contributed by atoms with Gasteiger partial charge in [0, 0.05) is 24.2 Å². The van der Waals surface area contributed by atoms with Crippen molar-refractivity contribution in [1.29, 1.82) is 0 Å². The van der Waals surface area contributed by atoms with E-state index in [1.54, 1.807) is 54.5 Å². The standard InChI is InChI=1S/C26H24F3N7O2/c1-14-6-5-7-21-24(14)36(25(38)35(21)13-23(37)33-16(3)26(27,28)29)20-9-8-19(32-15(20)2)17-10-30-12-22-18(17)11-31-34(22)4/h5-12,16H,13H2,1-4H3,(H,33,37). The maximum absolute atomic E-state index is 13.6. The molecule has 1 N–H and O–H groups in total. The van der Waals surface area contributed by atoms with E-state index in [2.05, 4.69) is 10.1 Å². The summed E-state index contributed by atoms with van der Waals surface area (Å²) in [4.78, 5) is 35.1. The third-order valence-corrected chi connectivity index (χ3v) is 6.57. The Hall–Kier alpha value is -4.48. The summed E-state index contributed by atoms with van der Waals surface area (Å²) in [7, 11) is 1.82. The zero-order valence-corrected chi connectivity index (χ0v) is 21.0. The number of carbonyl (C=O) groups is 1. The molecule has 196 valence electrons. The third kappa shape index (κ3) is 4.21. The minimum Gasteiger partial charge on any atom is -0.343 e. The highest BCUT2D eigenvalue weighted by Gasteiger charge is 2.37. The lowest BCUT2D eigenvalue weighted by atomic mass is 10.1. The van der Waals surface area contributed by atoms with Gasteiger partial charge in [-0.1, -0.05) is 12.1 Å². The van der Waals surface area contributed by atoms with Crippen molar-refractivity contribution in [2.45, 2.75) is 39.5 Å². The van der Waals surface area contributed by atoms with E-state index in [4.69, 9.17) is 4.98 Å². The summed E-state index contributed by atoms with van der Waals surface area (Å²) in [6.07, 6.45) is 0.568. The lowest BCUT2D eigenvalue weighted by Crippen LogP contribution is -2.45. The maximum atomic E-state index is 13.6. The number of pyridine rings is 2. The SMILES string of the molecule is Cc1nc(-c2cncc3c2cnn3C)ccc1-n1c(=O)n(CC(=O)NC(C)C(F)(F)F)c2cccc(C)c21. The molecular weight excluding hydrogens is 499 g/mol. The van der Waals surface area contributed by atoms with Gasteiger partial charge in [0.2, 0.25) is 5.91 Å². The fourth-order valence-corrected chi connectivity index (χ4v) is 4.56. The molecule has 0 aliphatic carbocycles. The quantitative estimate of drug-likeness (QED) is 0.378. The van der Waals surface area contributed by atoms with Crippen LogP contribution in [-0.2, 0) is 18.4 Å². The number of carbonyl (C=O) groups excluding carboxylic acids is 1.